The molecular weight excluding hydrogens is 255 g/mol. The summed E-state index contributed by atoms with van der Waals surface area (Å²) in [5, 5.41) is 10.3. The SMILES string of the molecule is Cc1cccc(C)c1C1C[C@@H](O)c2cc(F)ccc2O1. The van der Waals surface area contributed by atoms with Gasteiger partial charge in [-0.15, -0.1) is 0 Å². The quantitative estimate of drug-likeness (QED) is 0.850. The molecular formula is C17H17FO2. The molecule has 0 fully saturated rings. The van der Waals surface area contributed by atoms with Crippen LogP contribution in [0.2, 0.25) is 0 Å². The van der Waals surface area contributed by atoms with Gasteiger partial charge in [-0.1, -0.05) is 18.2 Å². The molecule has 0 saturated carbocycles. The Morgan fingerprint density at radius 2 is 1.85 bits per heavy atom. The van der Waals surface area contributed by atoms with Crippen molar-refractivity contribution in [2.75, 3.05) is 0 Å². The van der Waals surface area contributed by atoms with Gasteiger partial charge in [0.25, 0.3) is 0 Å². The van der Waals surface area contributed by atoms with Gasteiger partial charge in [0.2, 0.25) is 0 Å². The first-order chi connectivity index (χ1) is 9.56. The maximum absolute atomic E-state index is 13.2. The summed E-state index contributed by atoms with van der Waals surface area (Å²) in [7, 11) is 0. The topological polar surface area (TPSA) is 29.5 Å². The number of hydrogen-bond acceptors (Lipinski definition) is 2. The summed E-state index contributed by atoms with van der Waals surface area (Å²) >= 11 is 0. The molecule has 3 heteroatoms. The van der Waals surface area contributed by atoms with Gasteiger partial charge >= 0.3 is 0 Å². The zero-order chi connectivity index (χ0) is 14.3. The van der Waals surface area contributed by atoms with Crippen LogP contribution in [0, 0.1) is 19.7 Å². The number of aliphatic hydroxyl groups excluding tert-OH is 1. The van der Waals surface area contributed by atoms with Crippen LogP contribution in [0.25, 0.3) is 0 Å². The molecule has 1 aliphatic rings. The highest BCUT2D eigenvalue weighted by Crippen LogP contribution is 2.42. The van der Waals surface area contributed by atoms with Crippen molar-refractivity contribution in [2.24, 2.45) is 0 Å². The molecule has 0 radical (unpaired) electrons. The molecule has 0 bridgehead atoms. The van der Waals surface area contributed by atoms with Crippen LogP contribution in [0.5, 0.6) is 5.75 Å². The Morgan fingerprint density at radius 1 is 1.15 bits per heavy atom. The minimum atomic E-state index is -0.696. The number of rotatable bonds is 1. The van der Waals surface area contributed by atoms with Gasteiger partial charge < -0.3 is 9.84 Å². The molecule has 2 aromatic carbocycles. The molecule has 1 heterocycles. The zero-order valence-corrected chi connectivity index (χ0v) is 11.6. The molecule has 1 unspecified atom stereocenters. The lowest BCUT2D eigenvalue weighted by molar-refractivity contribution is 0.0648. The second-order valence-corrected chi connectivity index (χ2v) is 5.35. The zero-order valence-electron chi connectivity index (χ0n) is 11.6. The molecule has 3 rings (SSSR count). The molecule has 0 aliphatic carbocycles. The molecule has 2 atom stereocenters. The van der Waals surface area contributed by atoms with Gasteiger partial charge in [0.05, 0.1) is 6.10 Å². The number of aryl methyl sites for hydroxylation is 2. The van der Waals surface area contributed by atoms with Crippen molar-refractivity contribution in [3.05, 3.63) is 64.5 Å². The maximum atomic E-state index is 13.2. The van der Waals surface area contributed by atoms with Crippen LogP contribution in [-0.2, 0) is 0 Å². The van der Waals surface area contributed by atoms with Crippen LogP contribution in [-0.4, -0.2) is 5.11 Å². The fourth-order valence-corrected chi connectivity index (χ4v) is 2.93. The Bertz CT molecular complexity index is 631. The summed E-state index contributed by atoms with van der Waals surface area (Å²) in [5.41, 5.74) is 3.94. The van der Waals surface area contributed by atoms with E-state index in [0.29, 0.717) is 17.7 Å². The van der Waals surface area contributed by atoms with Crippen LogP contribution in [0.15, 0.2) is 36.4 Å². The first kappa shape index (κ1) is 13.1. The normalized spacial score (nSPS) is 21.2. The highest BCUT2D eigenvalue weighted by Gasteiger charge is 2.29. The minimum absolute atomic E-state index is 0.191. The molecule has 2 nitrogen and oxygen atoms in total. The molecule has 104 valence electrons. The number of ether oxygens (including phenoxy) is 1. The van der Waals surface area contributed by atoms with E-state index in [1.165, 1.54) is 12.1 Å². The second-order valence-electron chi connectivity index (χ2n) is 5.35. The average Bonchev–Trinajstić information content (AvgIpc) is 2.39. The third kappa shape index (κ3) is 2.18. The number of aliphatic hydroxyl groups is 1. The third-order valence-corrected chi connectivity index (χ3v) is 3.90. The van der Waals surface area contributed by atoms with Crippen LogP contribution < -0.4 is 4.74 Å². The molecule has 2 aromatic rings. The van der Waals surface area contributed by atoms with Crippen LogP contribution in [0.3, 0.4) is 0 Å². The Labute approximate surface area is 117 Å². The second kappa shape index (κ2) is 4.91. The van der Waals surface area contributed by atoms with Crippen molar-refractivity contribution >= 4 is 0 Å². The highest BCUT2D eigenvalue weighted by molar-refractivity contribution is 5.42. The lowest BCUT2D eigenvalue weighted by atomic mass is 9.90. The predicted octanol–water partition coefficient (Wildman–Crippen LogP) is 4.00. The molecule has 1 N–H and O–H groups in total. The van der Waals surface area contributed by atoms with Gasteiger partial charge in [0, 0.05) is 12.0 Å². The summed E-state index contributed by atoms with van der Waals surface area (Å²) < 4.78 is 19.2. The first-order valence-electron chi connectivity index (χ1n) is 6.76. The van der Waals surface area contributed by atoms with E-state index < -0.39 is 6.10 Å². The number of halogens is 1. The van der Waals surface area contributed by atoms with E-state index >= 15 is 0 Å². The monoisotopic (exact) mass is 272 g/mol. The van der Waals surface area contributed by atoms with E-state index in [-0.39, 0.29) is 11.9 Å². The van der Waals surface area contributed by atoms with Gasteiger partial charge in [-0.25, -0.2) is 4.39 Å². The lowest BCUT2D eigenvalue weighted by Gasteiger charge is -2.31. The molecule has 20 heavy (non-hydrogen) atoms. The molecule has 0 amide bonds. The third-order valence-electron chi connectivity index (χ3n) is 3.90. The van der Waals surface area contributed by atoms with E-state index in [9.17, 15) is 9.50 Å². The summed E-state index contributed by atoms with van der Waals surface area (Å²) in [6, 6.07) is 10.4. The van der Waals surface area contributed by atoms with Crippen LogP contribution in [0.4, 0.5) is 4.39 Å². The maximum Gasteiger partial charge on any atom is 0.127 e. The van der Waals surface area contributed by atoms with Gasteiger partial charge in [0.1, 0.15) is 17.7 Å². The first-order valence-corrected chi connectivity index (χ1v) is 6.76. The fourth-order valence-electron chi connectivity index (χ4n) is 2.93. The van der Waals surface area contributed by atoms with E-state index in [2.05, 4.69) is 0 Å². The van der Waals surface area contributed by atoms with Gasteiger partial charge in [-0.2, -0.15) is 0 Å². The molecule has 1 aliphatic heterocycles. The van der Waals surface area contributed by atoms with Crippen molar-refractivity contribution in [1.29, 1.82) is 0 Å². The summed E-state index contributed by atoms with van der Waals surface area (Å²) in [6.07, 6.45) is -0.440. The Kier molecular flexibility index (Phi) is 3.22. The minimum Gasteiger partial charge on any atom is -0.485 e. The standard InChI is InChI=1S/C17H17FO2/c1-10-4-3-5-11(2)17(10)16-9-14(19)13-8-12(18)6-7-15(13)20-16/h3-8,14,16,19H,9H2,1-2H3/t14-,16?/m1/s1. The van der Waals surface area contributed by atoms with Crippen molar-refractivity contribution in [2.45, 2.75) is 32.5 Å². The Balaban J connectivity index is 2.01. The number of hydrogen-bond donors (Lipinski definition) is 1. The van der Waals surface area contributed by atoms with E-state index in [0.717, 1.165) is 16.7 Å². The van der Waals surface area contributed by atoms with Crippen LogP contribution >= 0.6 is 0 Å². The van der Waals surface area contributed by atoms with E-state index in [1.807, 2.05) is 32.0 Å². The van der Waals surface area contributed by atoms with Crippen molar-refractivity contribution in [3.8, 4) is 5.75 Å². The predicted molar refractivity (Wildman–Crippen MR) is 75.3 cm³/mol. The Hall–Kier alpha value is -1.87. The summed E-state index contributed by atoms with van der Waals surface area (Å²) in [4.78, 5) is 0. The molecule has 0 saturated heterocycles. The van der Waals surface area contributed by atoms with E-state index in [1.54, 1.807) is 6.07 Å². The smallest absolute Gasteiger partial charge is 0.127 e. The van der Waals surface area contributed by atoms with Crippen molar-refractivity contribution in [1.82, 2.24) is 0 Å². The van der Waals surface area contributed by atoms with Crippen LogP contribution in [0.1, 0.15) is 40.9 Å². The largest absolute Gasteiger partial charge is 0.485 e. The van der Waals surface area contributed by atoms with Gasteiger partial charge in [-0.3, -0.25) is 0 Å². The number of fused-ring (bicyclic) bond motifs is 1. The lowest BCUT2D eigenvalue weighted by Crippen LogP contribution is -2.20. The highest BCUT2D eigenvalue weighted by atomic mass is 19.1. The van der Waals surface area contributed by atoms with E-state index in [4.69, 9.17) is 4.74 Å². The fraction of sp³-hybridized carbons (Fsp3) is 0.294. The summed E-state index contributed by atoms with van der Waals surface area (Å²) in [6.45, 7) is 4.08. The van der Waals surface area contributed by atoms with Gasteiger partial charge in [0.15, 0.2) is 0 Å². The summed E-state index contributed by atoms with van der Waals surface area (Å²) in [5.74, 6) is 0.217. The van der Waals surface area contributed by atoms with Gasteiger partial charge in [-0.05, 0) is 48.7 Å². The Morgan fingerprint density at radius 3 is 2.55 bits per heavy atom. The molecule has 0 spiro atoms. The number of benzene rings is 2. The van der Waals surface area contributed by atoms with Crippen molar-refractivity contribution in [3.63, 3.8) is 0 Å². The molecule has 0 aromatic heterocycles. The van der Waals surface area contributed by atoms with Crippen molar-refractivity contribution < 1.29 is 14.2 Å². The average molecular weight is 272 g/mol.